The summed E-state index contributed by atoms with van der Waals surface area (Å²) in [7, 11) is 0. The predicted octanol–water partition coefficient (Wildman–Crippen LogP) is 4.04. The molecule has 1 nitrogen and oxygen atoms in total. The van der Waals surface area contributed by atoms with Gasteiger partial charge < -0.3 is 5.11 Å². The number of rotatable bonds is 5. The molecule has 2 aromatic rings. The van der Waals surface area contributed by atoms with E-state index in [-0.39, 0.29) is 18.3 Å². The summed E-state index contributed by atoms with van der Waals surface area (Å²) < 4.78 is 14.2. The van der Waals surface area contributed by atoms with E-state index in [0.29, 0.717) is 6.42 Å². The van der Waals surface area contributed by atoms with Crippen molar-refractivity contribution in [2.24, 2.45) is 5.92 Å². The van der Waals surface area contributed by atoms with Crippen LogP contribution in [0.2, 0.25) is 0 Å². The first-order valence-electron chi connectivity index (χ1n) is 5.76. The lowest BCUT2D eigenvalue weighted by atomic mass is 9.96. The number of aliphatic hydroxyl groups excluding tert-OH is 1. The van der Waals surface area contributed by atoms with Crippen molar-refractivity contribution in [2.45, 2.75) is 12.8 Å². The van der Waals surface area contributed by atoms with Gasteiger partial charge in [-0.25, -0.2) is 4.39 Å². The molecule has 1 heterocycles. The Kier molecular flexibility index (Phi) is 4.92. The fourth-order valence-corrected chi connectivity index (χ4v) is 3.56. The fraction of sp³-hybridized carbons (Fsp3) is 0.286. The number of hydrogen-bond donors (Lipinski definition) is 1. The van der Waals surface area contributed by atoms with Gasteiger partial charge in [-0.2, -0.15) is 0 Å². The number of aliphatic hydroxyl groups is 1. The van der Waals surface area contributed by atoms with Crippen molar-refractivity contribution in [2.75, 3.05) is 6.61 Å². The van der Waals surface area contributed by atoms with Gasteiger partial charge in [0.15, 0.2) is 0 Å². The lowest BCUT2D eigenvalue weighted by molar-refractivity contribution is 0.225. The first-order chi connectivity index (χ1) is 8.69. The molecule has 1 unspecified atom stereocenters. The van der Waals surface area contributed by atoms with E-state index in [1.165, 1.54) is 17.0 Å². The summed E-state index contributed by atoms with van der Waals surface area (Å²) in [5.74, 6) is -0.0942. The molecule has 96 valence electrons. The van der Waals surface area contributed by atoms with Crippen LogP contribution in [0.1, 0.15) is 10.4 Å². The Morgan fingerprint density at radius 2 is 2.11 bits per heavy atom. The Bertz CT molecular complexity index is 512. The zero-order chi connectivity index (χ0) is 13.0. The van der Waals surface area contributed by atoms with Gasteiger partial charge in [0, 0.05) is 16.0 Å². The second-order valence-corrected chi connectivity index (χ2v) is 6.13. The molecule has 0 aliphatic rings. The average molecular weight is 329 g/mol. The van der Waals surface area contributed by atoms with Gasteiger partial charge in [0.05, 0.1) is 0 Å². The maximum Gasteiger partial charge on any atom is 0.123 e. The minimum atomic E-state index is -0.221. The summed E-state index contributed by atoms with van der Waals surface area (Å²) in [6.45, 7) is 0.112. The average Bonchev–Trinajstić information content (AvgIpc) is 2.74. The SMILES string of the molecule is OCC(Cc1cccc(F)c1)Cc1sccc1Br. The van der Waals surface area contributed by atoms with Crippen molar-refractivity contribution in [3.63, 3.8) is 0 Å². The third-order valence-corrected chi connectivity index (χ3v) is 4.79. The Hall–Kier alpha value is -0.710. The van der Waals surface area contributed by atoms with Crippen molar-refractivity contribution in [1.29, 1.82) is 0 Å². The number of thiophene rings is 1. The first-order valence-corrected chi connectivity index (χ1v) is 7.43. The number of hydrogen-bond acceptors (Lipinski definition) is 2. The van der Waals surface area contributed by atoms with E-state index < -0.39 is 0 Å². The molecule has 0 saturated carbocycles. The molecule has 18 heavy (non-hydrogen) atoms. The summed E-state index contributed by atoms with van der Waals surface area (Å²) in [4.78, 5) is 1.23. The lowest BCUT2D eigenvalue weighted by Crippen LogP contribution is -2.12. The van der Waals surface area contributed by atoms with Crippen LogP contribution in [0.5, 0.6) is 0 Å². The van der Waals surface area contributed by atoms with Crippen LogP contribution in [-0.4, -0.2) is 11.7 Å². The van der Waals surface area contributed by atoms with Crippen molar-refractivity contribution in [3.05, 3.63) is 56.4 Å². The maximum atomic E-state index is 13.1. The van der Waals surface area contributed by atoms with E-state index in [9.17, 15) is 9.50 Å². The van der Waals surface area contributed by atoms with Gasteiger partial charge in [-0.05, 0) is 63.8 Å². The zero-order valence-corrected chi connectivity index (χ0v) is 12.2. The molecule has 4 heteroatoms. The van der Waals surface area contributed by atoms with Gasteiger partial charge in [0.1, 0.15) is 5.82 Å². The molecule has 0 radical (unpaired) electrons. The van der Waals surface area contributed by atoms with Gasteiger partial charge in [0.25, 0.3) is 0 Å². The monoisotopic (exact) mass is 328 g/mol. The third-order valence-electron chi connectivity index (χ3n) is 2.84. The smallest absolute Gasteiger partial charge is 0.123 e. The molecule has 1 N–H and O–H groups in total. The molecule has 0 bridgehead atoms. The number of benzene rings is 1. The molecule has 1 atom stereocenters. The van der Waals surface area contributed by atoms with Crippen molar-refractivity contribution >= 4 is 27.3 Å². The highest BCUT2D eigenvalue weighted by Crippen LogP contribution is 2.26. The minimum Gasteiger partial charge on any atom is -0.396 e. The Balaban J connectivity index is 2.04. The summed E-state index contributed by atoms with van der Waals surface area (Å²) in [6, 6.07) is 8.59. The normalized spacial score (nSPS) is 12.6. The summed E-state index contributed by atoms with van der Waals surface area (Å²) >= 11 is 5.16. The summed E-state index contributed by atoms with van der Waals surface area (Å²) in [6.07, 6.45) is 1.50. The van der Waals surface area contributed by atoms with Crippen LogP contribution in [0.3, 0.4) is 0 Å². The predicted molar refractivity (Wildman–Crippen MR) is 76.4 cm³/mol. The van der Waals surface area contributed by atoms with Crippen LogP contribution in [0.4, 0.5) is 4.39 Å². The Morgan fingerprint density at radius 1 is 1.28 bits per heavy atom. The molecule has 0 spiro atoms. The zero-order valence-electron chi connectivity index (χ0n) is 9.77. The standard InChI is InChI=1S/C14H14BrFOS/c15-13-4-5-18-14(13)8-11(9-17)6-10-2-1-3-12(16)7-10/h1-5,7,11,17H,6,8-9H2. The molecular formula is C14H14BrFOS. The van der Waals surface area contributed by atoms with Crippen LogP contribution in [0.15, 0.2) is 40.2 Å². The van der Waals surface area contributed by atoms with Gasteiger partial charge in [0.2, 0.25) is 0 Å². The van der Waals surface area contributed by atoms with Gasteiger partial charge in [-0.15, -0.1) is 11.3 Å². The summed E-state index contributed by atoms with van der Waals surface area (Å²) in [5.41, 5.74) is 0.932. The minimum absolute atomic E-state index is 0.112. The molecule has 1 aromatic carbocycles. The molecule has 0 fully saturated rings. The maximum absolute atomic E-state index is 13.1. The van der Waals surface area contributed by atoms with Gasteiger partial charge in [-0.1, -0.05) is 12.1 Å². The summed E-state index contributed by atoms with van der Waals surface area (Å²) in [5, 5.41) is 11.5. The molecular weight excluding hydrogens is 315 g/mol. The van der Waals surface area contributed by atoms with Crippen LogP contribution < -0.4 is 0 Å². The highest BCUT2D eigenvalue weighted by molar-refractivity contribution is 9.10. The lowest BCUT2D eigenvalue weighted by Gasteiger charge is -2.13. The van der Waals surface area contributed by atoms with Gasteiger partial charge >= 0.3 is 0 Å². The molecule has 2 rings (SSSR count). The fourth-order valence-electron chi connectivity index (χ4n) is 1.93. The van der Waals surface area contributed by atoms with E-state index in [1.54, 1.807) is 17.4 Å². The van der Waals surface area contributed by atoms with E-state index in [2.05, 4.69) is 15.9 Å². The Labute approximate surface area is 118 Å². The van der Waals surface area contributed by atoms with Gasteiger partial charge in [-0.3, -0.25) is 0 Å². The third kappa shape index (κ3) is 3.64. The van der Waals surface area contributed by atoms with Crippen LogP contribution >= 0.6 is 27.3 Å². The van der Waals surface area contributed by atoms with Crippen molar-refractivity contribution in [1.82, 2.24) is 0 Å². The molecule has 0 saturated heterocycles. The molecule has 0 aliphatic heterocycles. The van der Waals surface area contributed by atoms with Crippen LogP contribution in [0, 0.1) is 11.7 Å². The quantitative estimate of drug-likeness (QED) is 0.878. The Morgan fingerprint density at radius 3 is 2.72 bits per heavy atom. The van der Waals surface area contributed by atoms with E-state index >= 15 is 0 Å². The molecule has 1 aromatic heterocycles. The highest BCUT2D eigenvalue weighted by atomic mass is 79.9. The largest absolute Gasteiger partial charge is 0.396 e. The molecule has 0 aliphatic carbocycles. The molecule has 0 amide bonds. The topological polar surface area (TPSA) is 20.2 Å². The highest BCUT2D eigenvalue weighted by Gasteiger charge is 2.13. The van der Waals surface area contributed by atoms with E-state index in [4.69, 9.17) is 0 Å². The number of halogens is 2. The van der Waals surface area contributed by atoms with E-state index in [1.807, 2.05) is 17.5 Å². The first kappa shape index (κ1) is 13.7. The van der Waals surface area contributed by atoms with Crippen LogP contribution in [-0.2, 0) is 12.8 Å². The second-order valence-electron chi connectivity index (χ2n) is 4.28. The van der Waals surface area contributed by atoms with Crippen molar-refractivity contribution < 1.29 is 9.50 Å². The van der Waals surface area contributed by atoms with E-state index in [0.717, 1.165) is 16.5 Å². The van der Waals surface area contributed by atoms with Crippen LogP contribution in [0.25, 0.3) is 0 Å². The second kappa shape index (κ2) is 6.45. The van der Waals surface area contributed by atoms with Crippen molar-refractivity contribution in [3.8, 4) is 0 Å².